The second kappa shape index (κ2) is 7.46. The predicted molar refractivity (Wildman–Crippen MR) is 89.9 cm³/mol. The van der Waals surface area contributed by atoms with Crippen LogP contribution in [0.5, 0.6) is 6.01 Å². The molecule has 1 heterocycles. The third kappa shape index (κ3) is 3.64. The van der Waals surface area contributed by atoms with E-state index in [9.17, 15) is 4.79 Å². The fourth-order valence-corrected chi connectivity index (χ4v) is 2.41. The molecule has 124 valence electrons. The van der Waals surface area contributed by atoms with Crippen molar-refractivity contribution in [1.82, 2.24) is 14.8 Å². The minimum absolute atomic E-state index is 0.148. The molecule has 0 aliphatic carbocycles. The van der Waals surface area contributed by atoms with Crippen LogP contribution >= 0.6 is 11.6 Å². The first-order chi connectivity index (χ1) is 11.0. The number of anilines is 1. The summed E-state index contributed by atoms with van der Waals surface area (Å²) in [5, 5.41) is 7.47. The largest absolute Gasteiger partial charge is 0.467 e. The standard InChI is InChI=1S/C16H21ClN4O2/c1-5-12(17)15(22)21(13-9-7-6-8-11(13)2)10-14-18-19-16(23-4)20(14)3/h6-9,12H,5,10H2,1-4H3. The molecule has 0 spiro atoms. The molecule has 6 nitrogen and oxygen atoms in total. The number of nitrogens with zero attached hydrogens (tertiary/aromatic N) is 4. The Labute approximate surface area is 141 Å². The van der Waals surface area contributed by atoms with Gasteiger partial charge in [0.25, 0.3) is 0 Å². The highest BCUT2D eigenvalue weighted by Crippen LogP contribution is 2.24. The van der Waals surface area contributed by atoms with Gasteiger partial charge in [-0.15, -0.1) is 16.7 Å². The zero-order valence-corrected chi connectivity index (χ0v) is 14.5. The number of ether oxygens (including phenoxy) is 1. The monoisotopic (exact) mass is 336 g/mol. The first kappa shape index (κ1) is 17.3. The van der Waals surface area contributed by atoms with Gasteiger partial charge in [0.1, 0.15) is 5.38 Å². The summed E-state index contributed by atoms with van der Waals surface area (Å²) < 4.78 is 6.84. The van der Waals surface area contributed by atoms with Gasteiger partial charge in [0.15, 0.2) is 5.82 Å². The number of aryl methyl sites for hydroxylation is 1. The lowest BCUT2D eigenvalue weighted by Crippen LogP contribution is -2.37. The molecule has 1 unspecified atom stereocenters. The minimum atomic E-state index is -0.579. The Hall–Kier alpha value is -2.08. The van der Waals surface area contributed by atoms with E-state index in [0.29, 0.717) is 18.3 Å². The van der Waals surface area contributed by atoms with Crippen LogP contribution in [0.25, 0.3) is 0 Å². The van der Waals surface area contributed by atoms with E-state index in [4.69, 9.17) is 16.3 Å². The number of halogens is 1. The number of methoxy groups -OCH3 is 1. The molecule has 0 saturated heterocycles. The molecule has 0 radical (unpaired) electrons. The van der Waals surface area contributed by atoms with Crippen LogP contribution in [0.2, 0.25) is 0 Å². The molecule has 0 fully saturated rings. The number of para-hydroxylation sites is 1. The van der Waals surface area contributed by atoms with Crippen molar-refractivity contribution in [3.05, 3.63) is 35.7 Å². The summed E-state index contributed by atoms with van der Waals surface area (Å²) in [5.41, 5.74) is 1.81. The topological polar surface area (TPSA) is 60.3 Å². The Kier molecular flexibility index (Phi) is 5.60. The summed E-state index contributed by atoms with van der Waals surface area (Å²) in [5.74, 6) is 0.476. The van der Waals surface area contributed by atoms with Crippen molar-refractivity contribution in [2.24, 2.45) is 7.05 Å². The van der Waals surface area contributed by atoms with Crippen molar-refractivity contribution in [1.29, 1.82) is 0 Å². The molecule has 0 saturated carbocycles. The van der Waals surface area contributed by atoms with Crippen LogP contribution in [0.4, 0.5) is 5.69 Å². The van der Waals surface area contributed by atoms with Crippen LogP contribution in [0, 0.1) is 6.92 Å². The Morgan fingerprint density at radius 3 is 2.65 bits per heavy atom. The van der Waals surface area contributed by atoms with E-state index in [1.54, 1.807) is 16.5 Å². The summed E-state index contributed by atoms with van der Waals surface area (Å²) in [7, 11) is 3.33. The first-order valence-corrected chi connectivity index (χ1v) is 7.86. The summed E-state index contributed by atoms with van der Waals surface area (Å²) in [6.45, 7) is 4.12. The Bertz CT molecular complexity index is 686. The second-order valence-corrected chi connectivity index (χ2v) is 5.78. The van der Waals surface area contributed by atoms with Gasteiger partial charge in [0, 0.05) is 12.7 Å². The average Bonchev–Trinajstić information content (AvgIpc) is 2.92. The van der Waals surface area contributed by atoms with Crippen LogP contribution in [0.15, 0.2) is 24.3 Å². The normalized spacial score (nSPS) is 12.0. The third-order valence-corrected chi connectivity index (χ3v) is 4.20. The summed E-state index contributed by atoms with van der Waals surface area (Å²) in [6.07, 6.45) is 0.560. The van der Waals surface area contributed by atoms with Gasteiger partial charge >= 0.3 is 6.01 Å². The van der Waals surface area contributed by atoms with E-state index in [1.165, 1.54) is 7.11 Å². The molecule has 1 aromatic heterocycles. The number of carbonyl (C=O) groups is 1. The molecule has 0 N–H and O–H groups in total. The quantitative estimate of drug-likeness (QED) is 0.761. The van der Waals surface area contributed by atoms with Crippen molar-refractivity contribution in [3.8, 4) is 6.01 Å². The molecular formula is C16H21ClN4O2. The lowest BCUT2D eigenvalue weighted by molar-refractivity contribution is -0.118. The number of rotatable bonds is 6. The highest BCUT2D eigenvalue weighted by molar-refractivity contribution is 6.32. The van der Waals surface area contributed by atoms with E-state index >= 15 is 0 Å². The van der Waals surface area contributed by atoms with Crippen molar-refractivity contribution in [2.75, 3.05) is 12.0 Å². The van der Waals surface area contributed by atoms with Gasteiger partial charge in [-0.2, -0.15) is 0 Å². The van der Waals surface area contributed by atoms with Crippen molar-refractivity contribution in [2.45, 2.75) is 32.2 Å². The Balaban J connectivity index is 2.39. The SMILES string of the molecule is CCC(Cl)C(=O)N(Cc1nnc(OC)n1C)c1ccccc1C. The number of aromatic nitrogens is 3. The highest BCUT2D eigenvalue weighted by Gasteiger charge is 2.25. The molecule has 0 aliphatic rings. The maximum absolute atomic E-state index is 12.7. The lowest BCUT2D eigenvalue weighted by Gasteiger charge is -2.25. The molecule has 2 rings (SSSR count). The van der Waals surface area contributed by atoms with Crippen molar-refractivity contribution < 1.29 is 9.53 Å². The van der Waals surface area contributed by atoms with E-state index in [0.717, 1.165) is 11.3 Å². The number of carbonyl (C=O) groups excluding carboxylic acids is 1. The molecule has 23 heavy (non-hydrogen) atoms. The number of hydrogen-bond acceptors (Lipinski definition) is 4. The fourth-order valence-electron chi connectivity index (χ4n) is 2.29. The van der Waals surface area contributed by atoms with Gasteiger partial charge in [-0.05, 0) is 25.0 Å². The molecule has 0 aliphatic heterocycles. The molecule has 2 aromatic rings. The molecule has 1 aromatic carbocycles. The molecule has 1 atom stereocenters. The molecule has 1 amide bonds. The predicted octanol–water partition coefficient (Wildman–Crippen LogP) is 2.68. The lowest BCUT2D eigenvalue weighted by atomic mass is 10.1. The zero-order valence-electron chi connectivity index (χ0n) is 13.8. The highest BCUT2D eigenvalue weighted by atomic mass is 35.5. The van der Waals surface area contributed by atoms with E-state index < -0.39 is 5.38 Å². The van der Waals surface area contributed by atoms with Gasteiger partial charge < -0.3 is 9.64 Å². The zero-order chi connectivity index (χ0) is 17.0. The van der Waals surface area contributed by atoms with Gasteiger partial charge in [-0.1, -0.05) is 30.2 Å². The van der Waals surface area contributed by atoms with Crippen LogP contribution in [-0.2, 0) is 18.4 Å². The second-order valence-electron chi connectivity index (χ2n) is 5.25. The molecule has 7 heteroatoms. The van der Waals surface area contributed by atoms with Crippen LogP contribution < -0.4 is 9.64 Å². The van der Waals surface area contributed by atoms with Crippen molar-refractivity contribution >= 4 is 23.2 Å². The van der Waals surface area contributed by atoms with E-state index in [2.05, 4.69) is 10.2 Å². The Morgan fingerprint density at radius 2 is 2.09 bits per heavy atom. The van der Waals surface area contributed by atoms with Crippen molar-refractivity contribution in [3.63, 3.8) is 0 Å². The minimum Gasteiger partial charge on any atom is -0.467 e. The summed E-state index contributed by atoms with van der Waals surface area (Å²) in [4.78, 5) is 14.4. The van der Waals surface area contributed by atoms with Gasteiger partial charge in [-0.3, -0.25) is 9.36 Å². The average molecular weight is 337 g/mol. The fraction of sp³-hybridized carbons (Fsp3) is 0.438. The van der Waals surface area contributed by atoms with Crippen LogP contribution in [0.3, 0.4) is 0 Å². The summed E-state index contributed by atoms with van der Waals surface area (Å²) in [6, 6.07) is 8.09. The molecular weight excluding hydrogens is 316 g/mol. The number of hydrogen-bond donors (Lipinski definition) is 0. The maximum Gasteiger partial charge on any atom is 0.316 e. The number of benzene rings is 1. The third-order valence-electron chi connectivity index (χ3n) is 3.71. The van der Waals surface area contributed by atoms with Crippen LogP contribution in [0.1, 0.15) is 24.7 Å². The Morgan fingerprint density at radius 1 is 1.39 bits per heavy atom. The number of amides is 1. The summed E-state index contributed by atoms with van der Waals surface area (Å²) >= 11 is 6.19. The van der Waals surface area contributed by atoms with Gasteiger partial charge in [0.05, 0.1) is 13.7 Å². The van der Waals surface area contributed by atoms with Gasteiger partial charge in [-0.25, -0.2) is 0 Å². The number of alkyl halides is 1. The molecule has 0 bridgehead atoms. The van der Waals surface area contributed by atoms with Crippen LogP contribution in [-0.4, -0.2) is 33.2 Å². The smallest absolute Gasteiger partial charge is 0.316 e. The maximum atomic E-state index is 12.7. The van der Waals surface area contributed by atoms with E-state index in [-0.39, 0.29) is 12.5 Å². The van der Waals surface area contributed by atoms with Gasteiger partial charge in [0.2, 0.25) is 5.91 Å². The van der Waals surface area contributed by atoms with E-state index in [1.807, 2.05) is 38.1 Å². The first-order valence-electron chi connectivity index (χ1n) is 7.42.